The first-order valence-electron chi connectivity index (χ1n) is 9.78. The molecule has 2 aromatic heterocycles. The van der Waals surface area contributed by atoms with E-state index in [1.54, 1.807) is 25.4 Å². The van der Waals surface area contributed by atoms with Crippen LogP contribution in [0.15, 0.2) is 42.7 Å². The number of morpholine rings is 1. The molecular formula is C22H21Cl2FN4O2. The number of nitrogens with two attached hydrogens (primary N) is 1. The third kappa shape index (κ3) is 4.69. The first-order valence-corrected chi connectivity index (χ1v) is 10.5. The maximum absolute atomic E-state index is 13.9. The van der Waals surface area contributed by atoms with Gasteiger partial charge in [0.05, 0.1) is 18.2 Å². The van der Waals surface area contributed by atoms with Crippen molar-refractivity contribution >= 4 is 34.8 Å². The zero-order valence-electron chi connectivity index (χ0n) is 16.8. The number of rotatable bonds is 5. The minimum Gasteiger partial charge on any atom is -0.482 e. The predicted molar refractivity (Wildman–Crippen MR) is 120 cm³/mol. The second-order valence-electron chi connectivity index (χ2n) is 7.13. The summed E-state index contributed by atoms with van der Waals surface area (Å²) in [7, 11) is 0. The second kappa shape index (κ2) is 9.26. The molecule has 31 heavy (non-hydrogen) atoms. The zero-order chi connectivity index (χ0) is 22.0. The molecule has 1 aromatic carbocycles. The summed E-state index contributed by atoms with van der Waals surface area (Å²) in [5.41, 5.74) is 8.01. The number of nitrogens with zero attached hydrogens (tertiary/aromatic N) is 3. The van der Waals surface area contributed by atoms with Gasteiger partial charge in [-0.25, -0.2) is 14.4 Å². The summed E-state index contributed by atoms with van der Waals surface area (Å²) in [6, 6.07) is 8.36. The van der Waals surface area contributed by atoms with Crippen LogP contribution >= 0.6 is 23.2 Å². The molecule has 2 N–H and O–H groups in total. The van der Waals surface area contributed by atoms with Gasteiger partial charge in [-0.3, -0.25) is 0 Å². The van der Waals surface area contributed by atoms with Gasteiger partial charge < -0.3 is 20.1 Å². The first kappa shape index (κ1) is 21.6. The number of hydrogen-bond donors (Lipinski definition) is 1. The lowest BCUT2D eigenvalue weighted by molar-refractivity contribution is 0.122. The van der Waals surface area contributed by atoms with Crippen molar-refractivity contribution in [3.05, 3.63) is 64.2 Å². The molecule has 0 saturated carbocycles. The van der Waals surface area contributed by atoms with E-state index in [0.29, 0.717) is 29.5 Å². The topological polar surface area (TPSA) is 73.5 Å². The van der Waals surface area contributed by atoms with Gasteiger partial charge in [0.1, 0.15) is 17.7 Å². The van der Waals surface area contributed by atoms with Gasteiger partial charge in [0, 0.05) is 47.2 Å². The highest BCUT2D eigenvalue weighted by atomic mass is 35.5. The van der Waals surface area contributed by atoms with E-state index >= 15 is 0 Å². The summed E-state index contributed by atoms with van der Waals surface area (Å²) in [6.07, 6.45) is 2.79. The Morgan fingerprint density at radius 2 is 1.84 bits per heavy atom. The number of hydrogen-bond acceptors (Lipinski definition) is 6. The van der Waals surface area contributed by atoms with Crippen LogP contribution < -0.4 is 15.4 Å². The summed E-state index contributed by atoms with van der Waals surface area (Å²) >= 11 is 12.3. The lowest BCUT2D eigenvalue weighted by atomic mass is 10.1. The van der Waals surface area contributed by atoms with Crippen LogP contribution in [0.5, 0.6) is 5.75 Å². The fourth-order valence-electron chi connectivity index (χ4n) is 3.41. The summed E-state index contributed by atoms with van der Waals surface area (Å²) in [6.45, 7) is 4.75. The number of nitrogen functional groups attached to an aromatic ring is 1. The van der Waals surface area contributed by atoms with Crippen molar-refractivity contribution in [2.75, 3.05) is 36.9 Å². The van der Waals surface area contributed by atoms with Gasteiger partial charge in [0.25, 0.3) is 0 Å². The first-order chi connectivity index (χ1) is 14.9. The molecule has 3 heterocycles. The van der Waals surface area contributed by atoms with Gasteiger partial charge in [-0.2, -0.15) is 0 Å². The highest BCUT2D eigenvalue weighted by Gasteiger charge is 2.20. The second-order valence-corrected chi connectivity index (χ2v) is 7.91. The van der Waals surface area contributed by atoms with Crippen LogP contribution in [0.25, 0.3) is 11.1 Å². The van der Waals surface area contributed by atoms with Crippen LogP contribution in [0.2, 0.25) is 10.0 Å². The van der Waals surface area contributed by atoms with Crippen LogP contribution in [-0.4, -0.2) is 36.3 Å². The molecule has 1 fully saturated rings. The van der Waals surface area contributed by atoms with E-state index in [9.17, 15) is 4.39 Å². The Hall–Kier alpha value is -2.61. The predicted octanol–water partition coefficient (Wildman–Crippen LogP) is 5.15. The van der Waals surface area contributed by atoms with E-state index in [1.807, 2.05) is 12.1 Å². The van der Waals surface area contributed by atoms with E-state index in [-0.39, 0.29) is 10.8 Å². The molecule has 4 rings (SSSR count). The number of ether oxygens (including phenoxy) is 2. The fourth-order valence-corrected chi connectivity index (χ4v) is 4.09. The van der Waals surface area contributed by atoms with Crippen LogP contribution in [0.3, 0.4) is 0 Å². The Morgan fingerprint density at radius 1 is 1.10 bits per heavy atom. The van der Waals surface area contributed by atoms with Crippen molar-refractivity contribution < 1.29 is 13.9 Å². The number of halogens is 3. The quantitative estimate of drug-likeness (QED) is 0.528. The molecule has 1 aliphatic rings. The van der Waals surface area contributed by atoms with Gasteiger partial charge in [0.2, 0.25) is 0 Å². The summed E-state index contributed by atoms with van der Waals surface area (Å²) < 4.78 is 25.2. The van der Waals surface area contributed by atoms with Crippen molar-refractivity contribution in [2.24, 2.45) is 0 Å². The Balaban J connectivity index is 1.57. The highest BCUT2D eigenvalue weighted by molar-refractivity contribution is 6.36. The Labute approximate surface area is 189 Å². The Kier molecular flexibility index (Phi) is 6.46. The summed E-state index contributed by atoms with van der Waals surface area (Å²) in [4.78, 5) is 11.0. The van der Waals surface area contributed by atoms with Crippen molar-refractivity contribution in [3.63, 3.8) is 0 Å². The molecule has 1 unspecified atom stereocenters. The average molecular weight is 463 g/mol. The third-order valence-corrected chi connectivity index (χ3v) is 5.80. The highest BCUT2D eigenvalue weighted by Crippen LogP contribution is 2.37. The summed E-state index contributed by atoms with van der Waals surface area (Å²) in [5.74, 6) is 0.884. The zero-order valence-corrected chi connectivity index (χ0v) is 18.3. The smallest absolute Gasteiger partial charge is 0.166 e. The average Bonchev–Trinajstić information content (AvgIpc) is 2.79. The molecule has 0 bridgehead atoms. The molecule has 0 radical (unpaired) electrons. The summed E-state index contributed by atoms with van der Waals surface area (Å²) in [5, 5.41) is 0.232. The third-order valence-electron chi connectivity index (χ3n) is 5.09. The van der Waals surface area contributed by atoms with Crippen molar-refractivity contribution in [1.82, 2.24) is 9.97 Å². The molecule has 0 spiro atoms. The monoisotopic (exact) mass is 462 g/mol. The molecule has 9 heteroatoms. The normalized spacial score (nSPS) is 15.0. The molecule has 0 aliphatic carbocycles. The lowest BCUT2D eigenvalue weighted by Gasteiger charge is -2.27. The van der Waals surface area contributed by atoms with Crippen LogP contribution in [0.4, 0.5) is 16.0 Å². The Bertz CT molecular complexity index is 1080. The maximum Gasteiger partial charge on any atom is 0.166 e. The number of benzene rings is 1. The van der Waals surface area contributed by atoms with Crippen molar-refractivity contribution in [1.29, 1.82) is 0 Å². The molecule has 3 aromatic rings. The lowest BCUT2D eigenvalue weighted by Crippen LogP contribution is -2.36. The number of pyridine rings is 2. The van der Waals surface area contributed by atoms with Crippen LogP contribution in [0.1, 0.15) is 18.6 Å². The largest absolute Gasteiger partial charge is 0.482 e. The molecule has 162 valence electrons. The number of aromatic nitrogens is 2. The molecule has 6 nitrogen and oxygen atoms in total. The van der Waals surface area contributed by atoms with Gasteiger partial charge in [-0.1, -0.05) is 23.2 Å². The molecule has 1 aliphatic heterocycles. The molecular weight excluding hydrogens is 442 g/mol. The van der Waals surface area contributed by atoms with Crippen LogP contribution in [-0.2, 0) is 4.74 Å². The van der Waals surface area contributed by atoms with E-state index in [2.05, 4.69) is 14.9 Å². The Morgan fingerprint density at radius 3 is 2.55 bits per heavy atom. The minimum absolute atomic E-state index is 0.0782. The number of anilines is 2. The maximum atomic E-state index is 13.9. The molecule has 1 saturated heterocycles. The van der Waals surface area contributed by atoms with Crippen molar-refractivity contribution in [3.8, 4) is 16.9 Å². The molecule has 1 atom stereocenters. The fraction of sp³-hybridized carbons (Fsp3) is 0.273. The van der Waals surface area contributed by atoms with Crippen LogP contribution in [0, 0.1) is 5.82 Å². The molecule has 0 amide bonds. The van der Waals surface area contributed by atoms with E-state index in [1.165, 1.54) is 12.1 Å². The van der Waals surface area contributed by atoms with E-state index < -0.39 is 11.9 Å². The van der Waals surface area contributed by atoms with Gasteiger partial charge in [-0.15, -0.1) is 0 Å². The SMILES string of the molecule is CC(Oc1cc(-c2ccc(N3CCOCC3)nc2)cnc1N)c1c(Cl)ccc(F)c1Cl. The van der Waals surface area contributed by atoms with Gasteiger partial charge >= 0.3 is 0 Å². The van der Waals surface area contributed by atoms with Crippen molar-refractivity contribution in [2.45, 2.75) is 13.0 Å². The van der Waals surface area contributed by atoms with Gasteiger partial charge in [-0.05, 0) is 37.3 Å². The standard InChI is InChI=1S/C22H21Cl2FN4O2/c1-13(20-16(23)3-4-17(25)21(20)24)31-18-10-15(12-28-22(18)26)14-2-5-19(27-11-14)29-6-8-30-9-7-29/h2-5,10-13H,6-9H2,1H3,(H2,26,28). The minimum atomic E-state index is -0.642. The van der Waals surface area contributed by atoms with E-state index in [4.69, 9.17) is 38.4 Å². The van der Waals surface area contributed by atoms with E-state index in [0.717, 1.165) is 30.0 Å². The van der Waals surface area contributed by atoms with Gasteiger partial charge in [0.15, 0.2) is 11.6 Å².